The van der Waals surface area contributed by atoms with Crippen LogP contribution in [0.15, 0.2) is 78.4 Å². The van der Waals surface area contributed by atoms with Crippen molar-refractivity contribution < 1.29 is 21.7 Å². The van der Waals surface area contributed by atoms with Crippen molar-refractivity contribution in [2.75, 3.05) is 0 Å². The van der Waals surface area contributed by atoms with E-state index >= 15 is 0 Å². The second kappa shape index (κ2) is 12.1. The van der Waals surface area contributed by atoms with Crippen LogP contribution in [0.1, 0.15) is 24.5 Å². The molecule has 0 saturated carbocycles. The van der Waals surface area contributed by atoms with E-state index in [0.717, 1.165) is 17.5 Å². The van der Waals surface area contributed by atoms with Gasteiger partial charge in [-0.3, -0.25) is 6.08 Å². The van der Waals surface area contributed by atoms with Crippen LogP contribution in [0.2, 0.25) is 0 Å². The fraction of sp³-hybridized carbons (Fsp3) is 0.100. The maximum absolute atomic E-state index is 3.72. The van der Waals surface area contributed by atoms with Crippen LogP contribution in [-0.4, -0.2) is 0 Å². The first-order valence-corrected chi connectivity index (χ1v) is 6.66. The first-order chi connectivity index (χ1) is 9.68. The molecule has 0 N–H and O–H groups in total. The van der Waals surface area contributed by atoms with Crippen LogP contribution in [0.25, 0.3) is 0 Å². The molecule has 3 rings (SSSR count). The van der Waals surface area contributed by atoms with Crippen molar-refractivity contribution >= 4 is 0 Å². The van der Waals surface area contributed by atoms with Gasteiger partial charge in [-0.1, -0.05) is 19.1 Å². The standard InChI is InChI=1S/2C7H7.C6H7.Ti/c2*1-7-5-3-2-4-6-7;1-6-4-2-3-5-6;/h2*2-6H,1H2;2,4H,3H2,1H3;/q3*-1;+3. The average Bonchev–Trinajstić information content (AvgIpc) is 2.93. The predicted molar refractivity (Wildman–Crippen MR) is 88.0 cm³/mol. The number of rotatable bonds is 0. The van der Waals surface area contributed by atoms with E-state index < -0.39 is 0 Å². The summed E-state index contributed by atoms with van der Waals surface area (Å²) < 4.78 is 0. The summed E-state index contributed by atoms with van der Waals surface area (Å²) in [4.78, 5) is 0. The molecule has 0 amide bonds. The molecule has 0 aliphatic heterocycles. The fourth-order valence-corrected chi connectivity index (χ4v) is 1.47. The van der Waals surface area contributed by atoms with Gasteiger partial charge in [-0.15, -0.1) is 30.7 Å². The molecule has 0 fully saturated rings. The summed E-state index contributed by atoms with van der Waals surface area (Å²) in [6.07, 6.45) is 8.33. The quantitative estimate of drug-likeness (QED) is 0.449. The van der Waals surface area contributed by atoms with Gasteiger partial charge < -0.3 is 0 Å². The second-order valence-electron chi connectivity index (χ2n) is 4.44. The Bertz CT molecular complexity index is 484. The zero-order valence-corrected chi connectivity index (χ0v) is 14.1. The van der Waals surface area contributed by atoms with Gasteiger partial charge in [-0.25, -0.2) is 11.6 Å². The third kappa shape index (κ3) is 10.8. The Labute approximate surface area is 144 Å². The van der Waals surface area contributed by atoms with Gasteiger partial charge in [0, 0.05) is 0 Å². The minimum atomic E-state index is 0. The van der Waals surface area contributed by atoms with Gasteiger partial charge in [-0.2, -0.15) is 55.3 Å². The number of hydrogen-bond acceptors (Lipinski definition) is 0. The Kier molecular flexibility index (Phi) is 11.2. The zero-order chi connectivity index (χ0) is 14.6. The van der Waals surface area contributed by atoms with E-state index in [1.54, 1.807) is 0 Å². The van der Waals surface area contributed by atoms with Gasteiger partial charge >= 0.3 is 21.7 Å². The summed E-state index contributed by atoms with van der Waals surface area (Å²) in [6.45, 7) is 9.50. The van der Waals surface area contributed by atoms with Crippen LogP contribution in [0.5, 0.6) is 0 Å². The Balaban J connectivity index is 0.000000280. The Morgan fingerprint density at radius 3 is 1.38 bits per heavy atom. The normalized spacial score (nSPS) is 11.0. The molecule has 0 aromatic heterocycles. The van der Waals surface area contributed by atoms with E-state index in [0.29, 0.717) is 0 Å². The fourth-order valence-electron chi connectivity index (χ4n) is 1.47. The third-order valence-corrected chi connectivity index (χ3v) is 2.55. The Hall–Kier alpha value is -1.63. The van der Waals surface area contributed by atoms with Crippen molar-refractivity contribution in [2.24, 2.45) is 0 Å². The summed E-state index contributed by atoms with van der Waals surface area (Å²) in [5, 5.41) is 0. The van der Waals surface area contributed by atoms with Crippen LogP contribution < -0.4 is 0 Å². The van der Waals surface area contributed by atoms with E-state index in [-0.39, 0.29) is 21.7 Å². The third-order valence-electron chi connectivity index (χ3n) is 2.55. The van der Waals surface area contributed by atoms with Crippen molar-refractivity contribution in [1.82, 2.24) is 0 Å². The maximum Gasteiger partial charge on any atom is 3.00 e. The zero-order valence-electron chi connectivity index (χ0n) is 12.5. The smallest absolute Gasteiger partial charge is 0.270 e. The van der Waals surface area contributed by atoms with Gasteiger partial charge in [-0.05, 0) is 0 Å². The summed E-state index contributed by atoms with van der Waals surface area (Å²) in [5.74, 6) is 0. The first-order valence-electron chi connectivity index (χ1n) is 6.66. The largest absolute Gasteiger partial charge is 3.00 e. The molecule has 0 saturated heterocycles. The van der Waals surface area contributed by atoms with Gasteiger partial charge in [0.15, 0.2) is 0 Å². The second-order valence-corrected chi connectivity index (χ2v) is 4.44. The van der Waals surface area contributed by atoms with E-state index in [1.165, 1.54) is 5.57 Å². The van der Waals surface area contributed by atoms with Crippen molar-refractivity contribution in [1.29, 1.82) is 0 Å². The molecule has 0 atom stereocenters. The topological polar surface area (TPSA) is 0 Å². The Morgan fingerprint density at radius 2 is 1.24 bits per heavy atom. The van der Waals surface area contributed by atoms with Crippen LogP contribution in [0.4, 0.5) is 0 Å². The van der Waals surface area contributed by atoms with Crippen molar-refractivity contribution in [3.8, 4) is 0 Å². The molecule has 2 aromatic rings. The summed E-state index contributed by atoms with van der Waals surface area (Å²) in [5.41, 5.74) is 3.42. The van der Waals surface area contributed by atoms with Crippen LogP contribution in [0, 0.1) is 19.9 Å². The molecular formula is C20H21Ti. The summed E-state index contributed by atoms with van der Waals surface area (Å²) in [7, 11) is 0. The molecule has 1 radical (unpaired) electrons. The minimum Gasteiger partial charge on any atom is -0.270 e. The van der Waals surface area contributed by atoms with Gasteiger partial charge in [0.2, 0.25) is 0 Å². The van der Waals surface area contributed by atoms with Gasteiger partial charge in [0.1, 0.15) is 0 Å². The van der Waals surface area contributed by atoms with Crippen molar-refractivity contribution in [3.63, 3.8) is 0 Å². The van der Waals surface area contributed by atoms with Crippen LogP contribution in [0.3, 0.4) is 0 Å². The molecule has 105 valence electrons. The predicted octanol–water partition coefficient (Wildman–Crippen LogP) is 5.43. The molecule has 21 heavy (non-hydrogen) atoms. The molecular weight excluding hydrogens is 288 g/mol. The molecule has 0 unspecified atom stereocenters. The van der Waals surface area contributed by atoms with Crippen molar-refractivity contribution in [3.05, 3.63) is 109 Å². The van der Waals surface area contributed by atoms with Gasteiger partial charge in [0.25, 0.3) is 0 Å². The molecule has 1 heteroatoms. The van der Waals surface area contributed by atoms with Crippen LogP contribution >= 0.6 is 0 Å². The average molecular weight is 309 g/mol. The summed E-state index contributed by atoms with van der Waals surface area (Å²) in [6, 6.07) is 19.7. The number of benzene rings is 2. The Morgan fingerprint density at radius 1 is 0.810 bits per heavy atom. The SMILES string of the molecule is CC1=[C-]CC=C1.[CH2-]c1ccccc1.[CH2-]c1ccccc1.[Ti+3]. The molecule has 0 bridgehead atoms. The molecule has 1 aliphatic rings. The maximum atomic E-state index is 3.72. The molecule has 2 aromatic carbocycles. The van der Waals surface area contributed by atoms with E-state index in [4.69, 9.17) is 0 Å². The van der Waals surface area contributed by atoms with Crippen LogP contribution in [-0.2, 0) is 21.7 Å². The molecule has 0 nitrogen and oxygen atoms in total. The van der Waals surface area contributed by atoms with E-state index in [9.17, 15) is 0 Å². The summed E-state index contributed by atoms with van der Waals surface area (Å²) >= 11 is 0. The van der Waals surface area contributed by atoms with E-state index in [1.807, 2.05) is 60.7 Å². The van der Waals surface area contributed by atoms with Crippen molar-refractivity contribution in [2.45, 2.75) is 13.3 Å². The monoisotopic (exact) mass is 309 g/mol. The van der Waals surface area contributed by atoms with Gasteiger partial charge in [0.05, 0.1) is 0 Å². The number of hydrogen-bond donors (Lipinski definition) is 0. The molecule has 0 heterocycles. The first kappa shape index (κ1) is 19.4. The van der Waals surface area contributed by atoms with E-state index in [2.05, 4.69) is 39.0 Å². The number of allylic oxidation sites excluding steroid dienone is 4. The minimum absolute atomic E-state index is 0. The molecule has 0 spiro atoms. The molecule has 1 aliphatic carbocycles.